The summed E-state index contributed by atoms with van der Waals surface area (Å²) < 4.78 is 0. The summed E-state index contributed by atoms with van der Waals surface area (Å²) in [4.78, 5) is 40.1. The summed E-state index contributed by atoms with van der Waals surface area (Å²) in [5.74, 6) is -0.873. The van der Waals surface area contributed by atoms with Gasteiger partial charge in [-0.25, -0.2) is 4.79 Å². The van der Waals surface area contributed by atoms with Gasteiger partial charge in [-0.3, -0.25) is 9.59 Å². The van der Waals surface area contributed by atoms with Gasteiger partial charge in [0, 0.05) is 17.3 Å². The third kappa shape index (κ3) is 4.27. The van der Waals surface area contributed by atoms with Crippen molar-refractivity contribution in [3.63, 3.8) is 0 Å². The van der Waals surface area contributed by atoms with Crippen LogP contribution in [-0.4, -0.2) is 56.7 Å². The van der Waals surface area contributed by atoms with Gasteiger partial charge in [0.15, 0.2) is 6.04 Å². The summed E-state index contributed by atoms with van der Waals surface area (Å²) in [7, 11) is 0. The predicted molar refractivity (Wildman–Crippen MR) is 127 cm³/mol. The first-order valence-corrected chi connectivity index (χ1v) is 11.6. The molecule has 2 aromatic rings. The molecule has 184 valence electrons. The molecule has 1 unspecified atom stereocenters. The molecular formula is C25H30N6O4. The number of likely N-dealkylation sites (tertiary alicyclic amines) is 1. The van der Waals surface area contributed by atoms with Crippen LogP contribution in [0, 0.1) is 34.0 Å². The molecule has 1 aromatic heterocycles. The van der Waals surface area contributed by atoms with Crippen LogP contribution in [-0.2, 0) is 9.59 Å². The normalized spacial score (nSPS) is 24.1. The van der Waals surface area contributed by atoms with Crippen LogP contribution in [0.25, 0.3) is 10.8 Å². The number of hydrogen-bond donors (Lipinski definition) is 3. The molecule has 4 rings (SSSR count). The second-order valence-electron chi connectivity index (χ2n) is 11.0. The summed E-state index contributed by atoms with van der Waals surface area (Å²) in [5, 5.41) is 33.9. The van der Waals surface area contributed by atoms with Gasteiger partial charge in [0.1, 0.15) is 17.8 Å². The van der Waals surface area contributed by atoms with Gasteiger partial charge >= 0.3 is 6.09 Å². The SMILES string of the molecule is CC(C)(C)[C@H](NC(=O)O)C(=O)N1C[C@H]2[C@@H]([C@H]1C(=O)NC(C#N)c1nncc3ccccc13)C2(C)C. The highest BCUT2D eigenvalue weighted by atomic mass is 16.4. The van der Waals surface area contributed by atoms with Crippen molar-refractivity contribution in [2.24, 2.45) is 22.7 Å². The van der Waals surface area contributed by atoms with E-state index >= 15 is 0 Å². The van der Waals surface area contributed by atoms with Gasteiger partial charge in [-0.1, -0.05) is 58.9 Å². The molecule has 0 spiro atoms. The Morgan fingerprint density at radius 1 is 1.23 bits per heavy atom. The maximum atomic E-state index is 13.6. The average Bonchev–Trinajstić information content (AvgIpc) is 3.12. The quantitative estimate of drug-likeness (QED) is 0.598. The topological polar surface area (TPSA) is 148 Å². The van der Waals surface area contributed by atoms with E-state index in [0.29, 0.717) is 17.6 Å². The lowest BCUT2D eigenvalue weighted by Gasteiger charge is -2.37. The number of fused-ring (bicyclic) bond motifs is 2. The number of nitriles is 1. The first-order chi connectivity index (χ1) is 16.4. The molecular weight excluding hydrogens is 448 g/mol. The van der Waals surface area contributed by atoms with Crippen molar-refractivity contribution in [3.05, 3.63) is 36.2 Å². The summed E-state index contributed by atoms with van der Waals surface area (Å²) in [5.41, 5.74) is -0.508. The number of amides is 3. The first-order valence-electron chi connectivity index (χ1n) is 11.6. The number of benzene rings is 1. The standard InChI is InChI=1S/C25H30N6O4/c1-24(2,3)20(29-23(34)35)22(33)31-12-15-17(25(15,4)5)19(31)21(32)28-16(10-26)18-14-9-7-6-8-13(14)11-27-30-18/h6-9,11,15-17,19-20,29H,12H2,1-5H3,(H,28,32)(H,34,35)/t15-,16?,17-,19-,20+/m0/s1. The van der Waals surface area contributed by atoms with Crippen LogP contribution in [0.1, 0.15) is 46.4 Å². The minimum absolute atomic E-state index is 0.0881. The van der Waals surface area contributed by atoms with Gasteiger partial charge in [0.2, 0.25) is 11.8 Å². The summed E-state index contributed by atoms with van der Waals surface area (Å²) in [6, 6.07) is 6.53. The zero-order valence-electron chi connectivity index (χ0n) is 20.4. The Labute approximate surface area is 203 Å². The van der Waals surface area contributed by atoms with E-state index in [1.165, 1.54) is 4.90 Å². The van der Waals surface area contributed by atoms with Crippen molar-refractivity contribution in [2.75, 3.05) is 6.54 Å². The van der Waals surface area contributed by atoms with E-state index in [1.807, 2.05) is 24.3 Å². The fraction of sp³-hybridized carbons (Fsp3) is 0.520. The lowest BCUT2D eigenvalue weighted by molar-refractivity contribution is -0.144. The first kappa shape index (κ1) is 24.4. The molecule has 2 aliphatic rings. The second-order valence-corrected chi connectivity index (χ2v) is 11.0. The largest absolute Gasteiger partial charge is 0.465 e. The lowest BCUT2D eigenvalue weighted by Crippen LogP contribution is -2.59. The molecule has 1 aliphatic carbocycles. The summed E-state index contributed by atoms with van der Waals surface area (Å²) in [6.07, 6.45) is 0.286. The molecule has 1 saturated heterocycles. The molecule has 0 radical (unpaired) electrons. The van der Waals surface area contributed by atoms with E-state index in [2.05, 4.69) is 40.7 Å². The maximum absolute atomic E-state index is 13.6. The van der Waals surface area contributed by atoms with Crippen LogP contribution in [0.4, 0.5) is 4.79 Å². The predicted octanol–water partition coefficient (Wildman–Crippen LogP) is 2.48. The third-order valence-electron chi connectivity index (χ3n) is 7.43. The number of carboxylic acid groups (broad SMARTS) is 1. The highest BCUT2D eigenvalue weighted by Crippen LogP contribution is 2.65. The van der Waals surface area contributed by atoms with Crippen molar-refractivity contribution in [3.8, 4) is 6.07 Å². The third-order valence-corrected chi connectivity index (χ3v) is 7.43. The minimum atomic E-state index is -1.30. The fourth-order valence-corrected chi connectivity index (χ4v) is 5.40. The lowest BCUT2D eigenvalue weighted by atomic mass is 9.85. The number of nitrogens with one attached hydrogen (secondary N) is 2. The van der Waals surface area contributed by atoms with Crippen LogP contribution < -0.4 is 10.6 Å². The molecule has 1 saturated carbocycles. The molecule has 2 heterocycles. The van der Waals surface area contributed by atoms with Crippen molar-refractivity contribution >= 4 is 28.7 Å². The Morgan fingerprint density at radius 2 is 1.91 bits per heavy atom. The van der Waals surface area contributed by atoms with Crippen molar-refractivity contribution in [2.45, 2.75) is 52.7 Å². The number of nitrogens with zero attached hydrogens (tertiary/aromatic N) is 4. The zero-order valence-corrected chi connectivity index (χ0v) is 20.4. The van der Waals surface area contributed by atoms with Crippen LogP contribution in [0.3, 0.4) is 0 Å². The number of carbonyl (C=O) groups excluding carboxylic acids is 2. The van der Waals surface area contributed by atoms with E-state index in [0.717, 1.165) is 5.39 Å². The number of piperidine rings is 1. The number of aromatic nitrogens is 2. The molecule has 5 atom stereocenters. The molecule has 3 amide bonds. The highest BCUT2D eigenvalue weighted by molar-refractivity contribution is 5.94. The van der Waals surface area contributed by atoms with E-state index in [1.54, 1.807) is 27.0 Å². The van der Waals surface area contributed by atoms with Crippen molar-refractivity contribution in [1.29, 1.82) is 5.26 Å². The molecule has 10 heteroatoms. The van der Waals surface area contributed by atoms with Gasteiger partial charge in [-0.2, -0.15) is 15.5 Å². The fourth-order valence-electron chi connectivity index (χ4n) is 5.40. The van der Waals surface area contributed by atoms with E-state index < -0.39 is 41.4 Å². The van der Waals surface area contributed by atoms with Gasteiger partial charge in [-0.05, 0) is 22.7 Å². The van der Waals surface area contributed by atoms with E-state index in [9.17, 15) is 24.8 Å². The van der Waals surface area contributed by atoms with E-state index in [-0.39, 0.29) is 17.3 Å². The van der Waals surface area contributed by atoms with E-state index in [4.69, 9.17) is 0 Å². The molecule has 0 bridgehead atoms. The van der Waals surface area contributed by atoms with Gasteiger partial charge in [0.05, 0.1) is 12.3 Å². The van der Waals surface area contributed by atoms with Crippen molar-refractivity contribution < 1.29 is 19.5 Å². The highest BCUT2D eigenvalue weighted by Gasteiger charge is 2.69. The average molecular weight is 479 g/mol. The summed E-state index contributed by atoms with van der Waals surface area (Å²) >= 11 is 0. The molecule has 35 heavy (non-hydrogen) atoms. The zero-order chi connectivity index (χ0) is 25.7. The van der Waals surface area contributed by atoms with Crippen LogP contribution in [0.2, 0.25) is 0 Å². The van der Waals surface area contributed by atoms with Gasteiger partial charge < -0.3 is 20.6 Å². The molecule has 1 aliphatic heterocycles. The Kier molecular flexibility index (Phi) is 5.91. The van der Waals surface area contributed by atoms with Gasteiger partial charge in [-0.15, -0.1) is 0 Å². The Morgan fingerprint density at radius 3 is 2.54 bits per heavy atom. The van der Waals surface area contributed by atoms with Crippen LogP contribution in [0.15, 0.2) is 30.5 Å². The molecule has 10 nitrogen and oxygen atoms in total. The Hall–Kier alpha value is -3.74. The molecule has 3 N–H and O–H groups in total. The monoisotopic (exact) mass is 478 g/mol. The Balaban J connectivity index is 1.63. The second kappa shape index (κ2) is 8.48. The number of hydrogen-bond acceptors (Lipinski definition) is 6. The minimum Gasteiger partial charge on any atom is -0.465 e. The van der Waals surface area contributed by atoms with Crippen molar-refractivity contribution in [1.82, 2.24) is 25.7 Å². The smallest absolute Gasteiger partial charge is 0.405 e. The molecule has 2 fully saturated rings. The number of rotatable bonds is 5. The molecule has 1 aromatic carbocycles. The summed E-state index contributed by atoms with van der Waals surface area (Å²) in [6.45, 7) is 9.77. The number of carbonyl (C=O) groups is 3. The van der Waals surface area contributed by atoms with Crippen LogP contribution >= 0.6 is 0 Å². The maximum Gasteiger partial charge on any atom is 0.405 e. The Bertz CT molecular complexity index is 1230. The van der Waals surface area contributed by atoms with Crippen LogP contribution in [0.5, 0.6) is 0 Å². The van der Waals surface area contributed by atoms with Gasteiger partial charge in [0.25, 0.3) is 0 Å².